The Labute approximate surface area is 97.9 Å². The predicted octanol–water partition coefficient (Wildman–Crippen LogP) is 1.91. The van der Waals surface area contributed by atoms with Gasteiger partial charge in [0.05, 0.1) is 17.9 Å². The second-order valence-electron chi connectivity index (χ2n) is 4.25. The molecule has 2 aromatic rings. The van der Waals surface area contributed by atoms with Crippen molar-refractivity contribution in [1.82, 2.24) is 14.4 Å². The van der Waals surface area contributed by atoms with Crippen LogP contribution in [0, 0.1) is 5.92 Å². The Morgan fingerprint density at radius 2 is 2.25 bits per heavy atom. The summed E-state index contributed by atoms with van der Waals surface area (Å²) >= 11 is 6.24. The number of aromatic nitrogens is 3. The third-order valence-electron chi connectivity index (χ3n) is 3.29. The van der Waals surface area contributed by atoms with Gasteiger partial charge in [0, 0.05) is 18.3 Å². The van der Waals surface area contributed by atoms with Crippen molar-refractivity contribution in [3.8, 4) is 0 Å². The fourth-order valence-corrected chi connectivity index (χ4v) is 2.44. The lowest BCUT2D eigenvalue weighted by Crippen LogP contribution is -2.35. The first-order chi connectivity index (χ1) is 7.69. The van der Waals surface area contributed by atoms with Crippen LogP contribution in [-0.2, 0) is 5.06 Å². The van der Waals surface area contributed by atoms with Crippen LogP contribution >= 0.6 is 11.6 Å². The van der Waals surface area contributed by atoms with Gasteiger partial charge < -0.3 is 5.11 Å². The second kappa shape index (κ2) is 3.43. The van der Waals surface area contributed by atoms with Gasteiger partial charge in [0.1, 0.15) is 0 Å². The molecule has 16 heavy (non-hydrogen) atoms. The number of fused-ring (bicyclic) bond motifs is 1. The first kappa shape index (κ1) is 10.1. The molecule has 0 bridgehead atoms. The van der Waals surface area contributed by atoms with Crippen LogP contribution in [0.5, 0.6) is 0 Å². The second-order valence-corrected chi connectivity index (χ2v) is 4.83. The van der Waals surface area contributed by atoms with Crippen molar-refractivity contribution in [3.63, 3.8) is 0 Å². The maximum atomic E-state index is 10.4. The molecule has 1 aliphatic carbocycles. The van der Waals surface area contributed by atoms with Gasteiger partial charge in [0.2, 0.25) is 0 Å². The van der Waals surface area contributed by atoms with Crippen molar-refractivity contribution in [2.45, 2.75) is 24.3 Å². The van der Waals surface area contributed by atoms with Crippen LogP contribution in [0.2, 0.25) is 0 Å². The maximum Gasteiger partial charge on any atom is 0.200 e. The summed E-state index contributed by atoms with van der Waals surface area (Å²) in [5.74, 6) is 0.601. The monoisotopic (exact) mass is 237 g/mol. The normalized spacial score (nSPS) is 20.6. The molecule has 84 valence electrons. The minimum Gasteiger partial charge on any atom is -0.368 e. The zero-order valence-corrected chi connectivity index (χ0v) is 9.43. The first-order valence-electron chi connectivity index (χ1n) is 5.38. The average molecular weight is 238 g/mol. The molecule has 5 heteroatoms. The minimum atomic E-state index is -1.36. The summed E-state index contributed by atoms with van der Waals surface area (Å²) in [5, 5.41) is 9.00. The summed E-state index contributed by atoms with van der Waals surface area (Å²) < 4.78 is 1.79. The summed E-state index contributed by atoms with van der Waals surface area (Å²) in [5.41, 5.74) is 0.843. The van der Waals surface area contributed by atoms with Gasteiger partial charge in [-0.2, -0.15) is 0 Å². The van der Waals surface area contributed by atoms with E-state index in [4.69, 9.17) is 11.6 Å². The van der Waals surface area contributed by atoms with E-state index < -0.39 is 5.06 Å². The van der Waals surface area contributed by atoms with E-state index in [9.17, 15) is 5.11 Å². The lowest BCUT2D eigenvalue weighted by Gasteiger charge is -2.35. The molecule has 2 heterocycles. The summed E-state index contributed by atoms with van der Waals surface area (Å²) in [6, 6.07) is 0. The summed E-state index contributed by atoms with van der Waals surface area (Å²) in [6.45, 7) is 0. The molecular formula is C11H12ClN3O. The maximum absolute atomic E-state index is 10.4. The van der Waals surface area contributed by atoms with Gasteiger partial charge in [0.15, 0.2) is 10.9 Å². The van der Waals surface area contributed by atoms with Gasteiger partial charge in [-0.05, 0) is 12.8 Å². The fraction of sp³-hybridized carbons (Fsp3) is 0.455. The van der Waals surface area contributed by atoms with E-state index >= 15 is 0 Å². The van der Waals surface area contributed by atoms with Gasteiger partial charge in [0.25, 0.3) is 0 Å². The van der Waals surface area contributed by atoms with E-state index in [0.29, 0.717) is 5.82 Å². The third-order valence-corrected chi connectivity index (χ3v) is 3.77. The lowest BCUT2D eigenvalue weighted by atomic mass is 9.80. The van der Waals surface area contributed by atoms with Crippen LogP contribution < -0.4 is 0 Å². The Bertz CT molecular complexity index is 519. The minimum absolute atomic E-state index is 0.105. The van der Waals surface area contributed by atoms with E-state index in [1.165, 1.54) is 0 Å². The zero-order chi connectivity index (χ0) is 11.2. The van der Waals surface area contributed by atoms with Crippen molar-refractivity contribution < 1.29 is 5.11 Å². The number of nitrogens with zero attached hydrogens (tertiary/aromatic N) is 3. The van der Waals surface area contributed by atoms with Crippen LogP contribution in [0.3, 0.4) is 0 Å². The summed E-state index contributed by atoms with van der Waals surface area (Å²) in [6.07, 6.45) is 9.85. The van der Waals surface area contributed by atoms with E-state index in [2.05, 4.69) is 9.97 Å². The number of hydrogen-bond acceptors (Lipinski definition) is 3. The number of alkyl halides is 1. The Balaban J connectivity index is 2.11. The molecule has 1 aliphatic rings. The number of hydrogen-bond donors (Lipinski definition) is 1. The van der Waals surface area contributed by atoms with E-state index in [1.54, 1.807) is 29.2 Å². The highest BCUT2D eigenvalue weighted by Crippen LogP contribution is 2.44. The Morgan fingerprint density at radius 1 is 1.44 bits per heavy atom. The predicted molar refractivity (Wildman–Crippen MR) is 60.1 cm³/mol. The van der Waals surface area contributed by atoms with Gasteiger partial charge >= 0.3 is 0 Å². The molecule has 0 aliphatic heterocycles. The summed E-state index contributed by atoms with van der Waals surface area (Å²) in [4.78, 5) is 8.21. The van der Waals surface area contributed by atoms with Crippen LogP contribution in [-0.4, -0.2) is 19.5 Å². The highest BCUT2D eigenvalue weighted by atomic mass is 35.5. The molecule has 3 rings (SSSR count). The van der Waals surface area contributed by atoms with E-state index in [0.717, 1.165) is 24.8 Å². The van der Waals surface area contributed by atoms with Crippen LogP contribution in [0.1, 0.15) is 25.1 Å². The molecule has 0 saturated heterocycles. The highest BCUT2D eigenvalue weighted by Gasteiger charge is 2.43. The number of halogens is 1. The summed E-state index contributed by atoms with van der Waals surface area (Å²) in [7, 11) is 0. The largest absolute Gasteiger partial charge is 0.368 e. The third kappa shape index (κ3) is 1.33. The van der Waals surface area contributed by atoms with Crippen LogP contribution in [0.4, 0.5) is 0 Å². The lowest BCUT2D eigenvalue weighted by molar-refractivity contribution is 0.0120. The molecule has 0 aromatic carbocycles. The van der Waals surface area contributed by atoms with Crippen LogP contribution in [0.25, 0.3) is 5.52 Å². The number of rotatable bonds is 2. The molecule has 2 aromatic heterocycles. The highest BCUT2D eigenvalue weighted by molar-refractivity contribution is 6.22. The Morgan fingerprint density at radius 3 is 2.94 bits per heavy atom. The SMILES string of the molecule is OC(Cl)(c1ncc2cnccn12)C1CCC1. The van der Waals surface area contributed by atoms with Crippen molar-refractivity contribution >= 4 is 17.1 Å². The molecule has 0 amide bonds. The zero-order valence-electron chi connectivity index (χ0n) is 8.67. The van der Waals surface area contributed by atoms with Crippen molar-refractivity contribution in [2.24, 2.45) is 5.92 Å². The first-order valence-corrected chi connectivity index (χ1v) is 5.76. The average Bonchev–Trinajstić information content (AvgIpc) is 2.57. The molecule has 1 atom stereocenters. The molecule has 1 fully saturated rings. The molecule has 1 saturated carbocycles. The van der Waals surface area contributed by atoms with Crippen LogP contribution in [0.15, 0.2) is 24.8 Å². The fourth-order valence-electron chi connectivity index (χ4n) is 2.08. The van der Waals surface area contributed by atoms with Gasteiger partial charge in [-0.3, -0.25) is 9.38 Å². The smallest absolute Gasteiger partial charge is 0.200 e. The molecule has 1 unspecified atom stereocenters. The van der Waals surface area contributed by atoms with Gasteiger partial charge in [-0.25, -0.2) is 4.98 Å². The molecule has 0 radical (unpaired) electrons. The van der Waals surface area contributed by atoms with Crippen molar-refractivity contribution in [2.75, 3.05) is 0 Å². The number of aliphatic hydroxyl groups is 1. The Hall–Kier alpha value is -1.13. The topological polar surface area (TPSA) is 50.4 Å². The van der Waals surface area contributed by atoms with Gasteiger partial charge in [-0.1, -0.05) is 18.0 Å². The molecule has 4 nitrogen and oxygen atoms in total. The molecule has 0 spiro atoms. The Kier molecular flexibility index (Phi) is 2.16. The quantitative estimate of drug-likeness (QED) is 0.812. The van der Waals surface area contributed by atoms with Crippen molar-refractivity contribution in [3.05, 3.63) is 30.6 Å². The standard InChI is InChI=1S/C11H12ClN3O/c12-11(16,8-2-1-3-8)10-14-7-9-6-13-4-5-15(9)10/h4-8,16H,1-3H2. The van der Waals surface area contributed by atoms with E-state index in [-0.39, 0.29) is 5.92 Å². The van der Waals surface area contributed by atoms with Gasteiger partial charge in [-0.15, -0.1) is 0 Å². The number of imidazole rings is 1. The molecule has 1 N–H and O–H groups in total. The molecular weight excluding hydrogens is 226 g/mol. The van der Waals surface area contributed by atoms with Crippen molar-refractivity contribution in [1.29, 1.82) is 0 Å². The van der Waals surface area contributed by atoms with E-state index in [1.807, 2.05) is 0 Å².